The first kappa shape index (κ1) is 21.9. The largest absolute Gasteiger partial charge is 0.395 e. The maximum Gasteiger partial charge on any atom is 0.255 e. The Morgan fingerprint density at radius 1 is 1.23 bits per heavy atom. The topological polar surface area (TPSA) is 75.3 Å². The molecule has 1 atom stereocenters. The van der Waals surface area contributed by atoms with Gasteiger partial charge in [-0.3, -0.25) is 0 Å². The zero-order chi connectivity index (χ0) is 22.1. The molecule has 3 aromatic rings. The number of aromatic nitrogens is 4. The van der Waals surface area contributed by atoms with Crippen LogP contribution in [-0.2, 0) is 0 Å². The van der Waals surface area contributed by atoms with Crippen LogP contribution < -0.4 is 5.32 Å². The summed E-state index contributed by atoms with van der Waals surface area (Å²) in [5, 5.41) is 16.1. The predicted molar refractivity (Wildman–Crippen MR) is 112 cm³/mol. The van der Waals surface area contributed by atoms with Gasteiger partial charge in [0.2, 0.25) is 0 Å². The van der Waals surface area contributed by atoms with Gasteiger partial charge in [-0.05, 0) is 24.5 Å². The highest BCUT2D eigenvalue weighted by atomic mass is 35.5. The van der Waals surface area contributed by atoms with Crippen molar-refractivity contribution in [3.8, 4) is 23.0 Å². The van der Waals surface area contributed by atoms with Crippen molar-refractivity contribution >= 4 is 23.2 Å². The molecular weight excluding hydrogens is 412 g/mol. The second-order valence-electron chi connectivity index (χ2n) is 7.92. The monoisotopic (exact) mass is 433 g/mol. The van der Waals surface area contributed by atoms with Crippen molar-refractivity contribution in [2.75, 3.05) is 11.9 Å². The lowest BCUT2D eigenvalue weighted by molar-refractivity contribution is 0.305. The summed E-state index contributed by atoms with van der Waals surface area (Å²) in [4.78, 5) is 8.17. The zero-order valence-electron chi connectivity index (χ0n) is 17.1. The third-order valence-electron chi connectivity index (χ3n) is 4.80. The molecule has 158 valence electrons. The van der Waals surface area contributed by atoms with Crippen LogP contribution in [0.5, 0.6) is 0 Å². The summed E-state index contributed by atoms with van der Waals surface area (Å²) in [6.45, 7) is 7.93. The molecule has 0 fully saturated rings. The number of halogens is 3. The SMILES string of the molecule is CC(Nc1c(-c2c(F)cc(C#CCCO)cc2F)c(Cl)nc2ncnn12)C(C)(C)C. The quantitative estimate of drug-likeness (QED) is 0.474. The van der Waals surface area contributed by atoms with Gasteiger partial charge in [-0.15, -0.1) is 0 Å². The smallest absolute Gasteiger partial charge is 0.255 e. The molecule has 2 aromatic heterocycles. The van der Waals surface area contributed by atoms with E-state index in [2.05, 4.69) is 32.2 Å². The highest BCUT2D eigenvalue weighted by Crippen LogP contribution is 2.39. The number of rotatable bonds is 4. The molecule has 0 amide bonds. The molecule has 0 aliphatic rings. The van der Waals surface area contributed by atoms with E-state index in [1.807, 2.05) is 27.7 Å². The Morgan fingerprint density at radius 2 is 1.90 bits per heavy atom. The lowest BCUT2D eigenvalue weighted by Gasteiger charge is -2.30. The summed E-state index contributed by atoms with van der Waals surface area (Å²) in [6.07, 6.45) is 1.50. The van der Waals surface area contributed by atoms with E-state index < -0.39 is 11.6 Å². The lowest BCUT2D eigenvalue weighted by Crippen LogP contribution is -2.32. The van der Waals surface area contributed by atoms with Crippen LogP contribution >= 0.6 is 11.6 Å². The minimum Gasteiger partial charge on any atom is -0.395 e. The third kappa shape index (κ3) is 4.37. The molecule has 0 saturated heterocycles. The van der Waals surface area contributed by atoms with E-state index in [1.54, 1.807) is 0 Å². The summed E-state index contributed by atoms with van der Waals surface area (Å²) in [5.74, 6) is 4.11. The molecule has 0 bridgehead atoms. The first-order chi connectivity index (χ1) is 14.1. The van der Waals surface area contributed by atoms with Crippen LogP contribution in [0.25, 0.3) is 16.9 Å². The summed E-state index contributed by atoms with van der Waals surface area (Å²) < 4.78 is 31.5. The van der Waals surface area contributed by atoms with E-state index in [9.17, 15) is 0 Å². The zero-order valence-corrected chi connectivity index (χ0v) is 17.8. The molecule has 0 aliphatic heterocycles. The van der Waals surface area contributed by atoms with E-state index in [4.69, 9.17) is 16.7 Å². The van der Waals surface area contributed by atoms with E-state index >= 15 is 8.78 Å². The standard InChI is InChI=1S/C21H22ClF2N5O/c1-12(21(2,3)4)27-19-17(18(22)28-20-25-11-26-29(19)20)16-14(23)9-13(10-15(16)24)7-5-6-8-30/h9-12,27,30H,6,8H2,1-4H3. The van der Waals surface area contributed by atoms with Crippen LogP contribution in [0, 0.1) is 28.9 Å². The molecule has 30 heavy (non-hydrogen) atoms. The number of aliphatic hydroxyl groups is 1. The number of fused-ring (bicyclic) bond motifs is 1. The maximum atomic E-state index is 15.0. The van der Waals surface area contributed by atoms with E-state index in [0.29, 0.717) is 5.82 Å². The number of anilines is 1. The van der Waals surface area contributed by atoms with Gasteiger partial charge in [0, 0.05) is 18.0 Å². The Labute approximate surface area is 178 Å². The van der Waals surface area contributed by atoms with E-state index in [-0.39, 0.29) is 52.1 Å². The number of nitrogens with zero attached hydrogens (tertiary/aromatic N) is 4. The van der Waals surface area contributed by atoms with Crippen LogP contribution in [0.1, 0.15) is 39.7 Å². The molecule has 6 nitrogen and oxygen atoms in total. The third-order valence-corrected chi connectivity index (χ3v) is 5.07. The minimum absolute atomic E-state index is 0.0515. The highest BCUT2D eigenvalue weighted by Gasteiger charge is 2.27. The fraction of sp³-hybridized carbons (Fsp3) is 0.381. The fourth-order valence-electron chi connectivity index (χ4n) is 2.70. The van der Waals surface area contributed by atoms with Gasteiger partial charge in [0.05, 0.1) is 17.7 Å². The van der Waals surface area contributed by atoms with Gasteiger partial charge >= 0.3 is 0 Å². The first-order valence-corrected chi connectivity index (χ1v) is 9.76. The molecule has 9 heteroatoms. The van der Waals surface area contributed by atoms with Crippen LogP contribution in [-0.4, -0.2) is 37.3 Å². The van der Waals surface area contributed by atoms with Gasteiger partial charge < -0.3 is 10.4 Å². The van der Waals surface area contributed by atoms with Crippen molar-refractivity contribution in [3.05, 3.63) is 40.8 Å². The van der Waals surface area contributed by atoms with Gasteiger partial charge in [-0.2, -0.15) is 19.6 Å². The van der Waals surface area contributed by atoms with Crippen molar-refractivity contribution in [2.24, 2.45) is 5.41 Å². The summed E-state index contributed by atoms with van der Waals surface area (Å²) in [7, 11) is 0. The molecule has 1 unspecified atom stereocenters. The second-order valence-corrected chi connectivity index (χ2v) is 8.28. The Morgan fingerprint density at radius 3 is 2.50 bits per heavy atom. The predicted octanol–water partition coefficient (Wildman–Crippen LogP) is 4.30. The number of hydrogen-bond donors (Lipinski definition) is 2. The van der Waals surface area contributed by atoms with Crippen molar-refractivity contribution < 1.29 is 13.9 Å². The average molecular weight is 434 g/mol. The van der Waals surface area contributed by atoms with Crippen LogP contribution in [0.3, 0.4) is 0 Å². The molecule has 2 heterocycles. The van der Waals surface area contributed by atoms with Crippen molar-refractivity contribution in [1.82, 2.24) is 19.6 Å². The van der Waals surface area contributed by atoms with Crippen LogP contribution in [0.2, 0.25) is 5.15 Å². The Bertz CT molecular complexity index is 1120. The Kier molecular flexibility index (Phi) is 6.25. The van der Waals surface area contributed by atoms with Gasteiger partial charge in [0.25, 0.3) is 5.78 Å². The lowest BCUT2D eigenvalue weighted by atomic mass is 9.88. The van der Waals surface area contributed by atoms with Gasteiger partial charge in [-0.25, -0.2) is 8.78 Å². The number of benzene rings is 1. The van der Waals surface area contributed by atoms with Crippen molar-refractivity contribution in [2.45, 2.75) is 40.2 Å². The minimum atomic E-state index is -0.835. The van der Waals surface area contributed by atoms with Crippen molar-refractivity contribution in [3.63, 3.8) is 0 Å². The van der Waals surface area contributed by atoms with Gasteiger partial charge in [0.1, 0.15) is 28.9 Å². The normalized spacial score (nSPS) is 12.5. The summed E-state index contributed by atoms with van der Waals surface area (Å²) in [5.41, 5.74) is -0.286. The fourth-order valence-corrected chi connectivity index (χ4v) is 2.96. The number of nitrogens with one attached hydrogen (secondary N) is 1. The molecular formula is C21H22ClF2N5O. The Hall–Kier alpha value is -2.76. The number of hydrogen-bond acceptors (Lipinski definition) is 5. The van der Waals surface area contributed by atoms with Gasteiger partial charge in [-0.1, -0.05) is 44.2 Å². The van der Waals surface area contributed by atoms with E-state index in [0.717, 1.165) is 12.1 Å². The molecule has 0 spiro atoms. The second kappa shape index (κ2) is 8.54. The van der Waals surface area contributed by atoms with Crippen molar-refractivity contribution in [1.29, 1.82) is 0 Å². The number of aliphatic hydroxyl groups excluding tert-OH is 1. The highest BCUT2D eigenvalue weighted by molar-refractivity contribution is 6.33. The molecule has 0 saturated carbocycles. The summed E-state index contributed by atoms with van der Waals surface area (Å²) in [6, 6.07) is 2.15. The average Bonchev–Trinajstić information content (AvgIpc) is 3.10. The Balaban J connectivity index is 2.22. The van der Waals surface area contributed by atoms with Gasteiger partial charge in [0.15, 0.2) is 0 Å². The molecule has 3 rings (SSSR count). The maximum absolute atomic E-state index is 15.0. The van der Waals surface area contributed by atoms with Crippen LogP contribution in [0.15, 0.2) is 18.5 Å². The molecule has 0 radical (unpaired) electrons. The first-order valence-electron chi connectivity index (χ1n) is 9.38. The van der Waals surface area contributed by atoms with Crippen LogP contribution in [0.4, 0.5) is 14.6 Å². The molecule has 1 aromatic carbocycles. The van der Waals surface area contributed by atoms with E-state index in [1.165, 1.54) is 10.8 Å². The molecule has 0 aliphatic carbocycles. The molecule has 2 N–H and O–H groups in total. The summed E-state index contributed by atoms with van der Waals surface area (Å²) >= 11 is 6.36.